The van der Waals surface area contributed by atoms with Crippen molar-refractivity contribution in [3.05, 3.63) is 71.2 Å². The lowest BCUT2D eigenvalue weighted by atomic mass is 10.1. The molecule has 0 radical (unpaired) electrons. The van der Waals surface area contributed by atoms with E-state index in [0.29, 0.717) is 18.8 Å². The molecule has 0 unspecified atom stereocenters. The van der Waals surface area contributed by atoms with Crippen LogP contribution in [0.1, 0.15) is 21.6 Å². The van der Waals surface area contributed by atoms with Crippen molar-refractivity contribution in [1.29, 1.82) is 0 Å². The Morgan fingerprint density at radius 2 is 1.81 bits per heavy atom. The molecule has 3 aromatic rings. The summed E-state index contributed by atoms with van der Waals surface area (Å²) in [5.41, 5.74) is 3.48. The lowest BCUT2D eigenvalue weighted by Crippen LogP contribution is -2.48. The molecule has 0 spiro atoms. The first kappa shape index (κ1) is 16.8. The molecule has 1 aliphatic heterocycles. The first-order valence-corrected chi connectivity index (χ1v) is 8.95. The van der Waals surface area contributed by atoms with E-state index in [2.05, 4.69) is 34.1 Å². The average Bonchev–Trinajstić information content (AvgIpc) is 2.99. The van der Waals surface area contributed by atoms with Gasteiger partial charge in [-0.1, -0.05) is 30.3 Å². The third-order valence-corrected chi connectivity index (χ3v) is 5.14. The molecule has 0 aliphatic carbocycles. The number of halogens is 1. The maximum atomic E-state index is 13.5. The number of amides is 1. The molecule has 0 saturated carbocycles. The number of fused-ring (bicyclic) bond motifs is 1. The normalized spacial score (nSPS) is 15.5. The van der Waals surface area contributed by atoms with Crippen molar-refractivity contribution >= 4 is 16.8 Å². The number of rotatable bonds is 3. The van der Waals surface area contributed by atoms with Gasteiger partial charge in [0.05, 0.1) is 0 Å². The van der Waals surface area contributed by atoms with Crippen LogP contribution in [0.3, 0.4) is 0 Å². The number of piperazine rings is 1. The molecular weight excluding hydrogens is 329 g/mol. The topological polar surface area (TPSA) is 39.3 Å². The minimum atomic E-state index is -0.284. The number of H-pyrrole nitrogens is 1. The number of nitrogens with one attached hydrogen (secondary N) is 1. The number of hydrogen-bond donors (Lipinski definition) is 1. The summed E-state index contributed by atoms with van der Waals surface area (Å²) in [7, 11) is 0. The summed E-state index contributed by atoms with van der Waals surface area (Å²) in [6, 6.07) is 15.0. The third kappa shape index (κ3) is 3.22. The lowest BCUT2D eigenvalue weighted by Gasteiger charge is -2.34. The summed E-state index contributed by atoms with van der Waals surface area (Å²) in [6.07, 6.45) is 0. The fourth-order valence-electron chi connectivity index (χ4n) is 3.62. The van der Waals surface area contributed by atoms with Crippen molar-refractivity contribution in [3.63, 3.8) is 0 Å². The quantitative estimate of drug-likeness (QED) is 0.783. The highest BCUT2D eigenvalue weighted by molar-refractivity contribution is 6.00. The van der Waals surface area contributed by atoms with Crippen LogP contribution in [0.5, 0.6) is 0 Å². The molecule has 5 heteroatoms. The van der Waals surface area contributed by atoms with E-state index in [9.17, 15) is 9.18 Å². The lowest BCUT2D eigenvalue weighted by molar-refractivity contribution is 0.0623. The number of carbonyl (C=O) groups is 1. The maximum Gasteiger partial charge on any atom is 0.270 e. The van der Waals surface area contributed by atoms with E-state index in [0.717, 1.165) is 36.1 Å². The van der Waals surface area contributed by atoms with E-state index < -0.39 is 0 Å². The van der Waals surface area contributed by atoms with Gasteiger partial charge in [0.25, 0.3) is 5.91 Å². The Morgan fingerprint density at radius 3 is 2.54 bits per heavy atom. The van der Waals surface area contributed by atoms with Gasteiger partial charge in [-0.15, -0.1) is 0 Å². The molecule has 1 saturated heterocycles. The van der Waals surface area contributed by atoms with Gasteiger partial charge >= 0.3 is 0 Å². The van der Waals surface area contributed by atoms with Crippen molar-refractivity contribution in [2.24, 2.45) is 0 Å². The minimum absolute atomic E-state index is 0.00142. The minimum Gasteiger partial charge on any atom is -0.350 e. The number of benzene rings is 2. The molecule has 4 nitrogen and oxygen atoms in total. The summed E-state index contributed by atoms with van der Waals surface area (Å²) in [5.74, 6) is -0.286. The van der Waals surface area contributed by atoms with Crippen molar-refractivity contribution in [1.82, 2.24) is 14.8 Å². The van der Waals surface area contributed by atoms with Gasteiger partial charge in [-0.05, 0) is 36.2 Å². The second-order valence-corrected chi connectivity index (χ2v) is 6.87. The van der Waals surface area contributed by atoms with E-state index in [-0.39, 0.29) is 11.7 Å². The molecule has 2 heterocycles. The molecule has 1 amide bonds. The van der Waals surface area contributed by atoms with Crippen LogP contribution in [0.4, 0.5) is 4.39 Å². The second kappa shape index (κ2) is 6.92. The average molecular weight is 351 g/mol. The molecule has 134 valence electrons. The van der Waals surface area contributed by atoms with E-state index in [1.54, 1.807) is 6.07 Å². The number of aromatic amines is 1. The summed E-state index contributed by atoms with van der Waals surface area (Å²) >= 11 is 0. The number of aromatic nitrogens is 1. The van der Waals surface area contributed by atoms with Crippen LogP contribution in [-0.4, -0.2) is 46.9 Å². The highest BCUT2D eigenvalue weighted by Crippen LogP contribution is 2.24. The van der Waals surface area contributed by atoms with Crippen LogP contribution in [-0.2, 0) is 6.54 Å². The molecular formula is C21H22FN3O. The van der Waals surface area contributed by atoms with Crippen molar-refractivity contribution < 1.29 is 9.18 Å². The number of hydrogen-bond acceptors (Lipinski definition) is 2. The monoisotopic (exact) mass is 351 g/mol. The Labute approximate surface area is 152 Å². The zero-order chi connectivity index (χ0) is 18.1. The largest absolute Gasteiger partial charge is 0.350 e. The fourth-order valence-corrected chi connectivity index (χ4v) is 3.62. The predicted molar refractivity (Wildman–Crippen MR) is 101 cm³/mol. The van der Waals surface area contributed by atoms with Gasteiger partial charge in [0.15, 0.2) is 0 Å². The number of nitrogens with zero attached hydrogens (tertiary/aromatic N) is 2. The fraction of sp³-hybridized carbons (Fsp3) is 0.286. The van der Waals surface area contributed by atoms with Crippen molar-refractivity contribution in [2.45, 2.75) is 13.5 Å². The molecule has 0 atom stereocenters. The van der Waals surface area contributed by atoms with Crippen LogP contribution in [0.15, 0.2) is 48.5 Å². The molecule has 26 heavy (non-hydrogen) atoms. The Hall–Kier alpha value is -2.66. The second-order valence-electron chi connectivity index (χ2n) is 6.87. The van der Waals surface area contributed by atoms with Crippen LogP contribution in [0.2, 0.25) is 0 Å². The Balaban J connectivity index is 1.44. The van der Waals surface area contributed by atoms with E-state index in [1.807, 2.05) is 17.9 Å². The molecule has 1 aliphatic rings. The number of aryl methyl sites for hydroxylation is 1. The Bertz CT molecular complexity index is 927. The standard InChI is InChI=1S/C21H22FN3O/c1-15-18-13-17(22)7-8-19(18)23-20(15)21(26)25-11-9-24(10-12-25)14-16-5-3-2-4-6-16/h2-8,13,23H,9-12,14H2,1H3. The van der Waals surface area contributed by atoms with Gasteiger partial charge in [0.1, 0.15) is 11.5 Å². The predicted octanol–water partition coefficient (Wildman–Crippen LogP) is 3.57. The van der Waals surface area contributed by atoms with Crippen molar-refractivity contribution in [3.8, 4) is 0 Å². The highest BCUT2D eigenvalue weighted by atomic mass is 19.1. The van der Waals surface area contributed by atoms with Crippen LogP contribution in [0, 0.1) is 12.7 Å². The third-order valence-electron chi connectivity index (χ3n) is 5.14. The first-order chi connectivity index (χ1) is 12.6. The van der Waals surface area contributed by atoms with E-state index in [1.165, 1.54) is 17.7 Å². The first-order valence-electron chi connectivity index (χ1n) is 8.95. The van der Waals surface area contributed by atoms with E-state index in [4.69, 9.17) is 0 Å². The van der Waals surface area contributed by atoms with Crippen LogP contribution >= 0.6 is 0 Å². The molecule has 1 fully saturated rings. The van der Waals surface area contributed by atoms with Crippen LogP contribution in [0.25, 0.3) is 10.9 Å². The van der Waals surface area contributed by atoms with Gasteiger partial charge in [-0.2, -0.15) is 0 Å². The maximum absolute atomic E-state index is 13.5. The molecule has 1 N–H and O–H groups in total. The van der Waals surface area contributed by atoms with Gasteiger partial charge < -0.3 is 9.88 Å². The van der Waals surface area contributed by atoms with Crippen LogP contribution < -0.4 is 0 Å². The summed E-state index contributed by atoms with van der Waals surface area (Å²) in [5, 5.41) is 0.774. The Kier molecular flexibility index (Phi) is 4.47. The molecule has 0 bridgehead atoms. The van der Waals surface area contributed by atoms with Gasteiger partial charge in [-0.3, -0.25) is 9.69 Å². The van der Waals surface area contributed by atoms with E-state index >= 15 is 0 Å². The van der Waals surface area contributed by atoms with Gasteiger partial charge in [-0.25, -0.2) is 4.39 Å². The Morgan fingerprint density at radius 1 is 1.08 bits per heavy atom. The summed E-state index contributed by atoms with van der Waals surface area (Å²) < 4.78 is 13.5. The van der Waals surface area contributed by atoms with Gasteiger partial charge in [0, 0.05) is 43.6 Å². The summed E-state index contributed by atoms with van der Waals surface area (Å²) in [4.78, 5) is 20.3. The zero-order valence-corrected chi connectivity index (χ0v) is 14.8. The van der Waals surface area contributed by atoms with Crippen molar-refractivity contribution in [2.75, 3.05) is 26.2 Å². The summed E-state index contributed by atoms with van der Waals surface area (Å²) in [6.45, 7) is 5.90. The van der Waals surface area contributed by atoms with Gasteiger partial charge in [0.2, 0.25) is 0 Å². The molecule has 4 rings (SSSR count). The number of carbonyl (C=O) groups excluding carboxylic acids is 1. The highest BCUT2D eigenvalue weighted by Gasteiger charge is 2.25. The SMILES string of the molecule is Cc1c(C(=O)N2CCN(Cc3ccccc3)CC2)[nH]c2ccc(F)cc12. The molecule has 1 aromatic heterocycles. The molecule has 2 aromatic carbocycles. The zero-order valence-electron chi connectivity index (χ0n) is 14.8. The smallest absolute Gasteiger partial charge is 0.270 e.